The topological polar surface area (TPSA) is 61.4 Å². The lowest BCUT2D eigenvalue weighted by molar-refractivity contribution is -0.138. The second-order valence-electron chi connectivity index (χ2n) is 6.78. The first kappa shape index (κ1) is 24.4. The Kier molecular flexibility index (Phi) is 8.04. The van der Waals surface area contributed by atoms with Crippen molar-refractivity contribution in [3.05, 3.63) is 47.8 Å². The van der Waals surface area contributed by atoms with E-state index in [1.807, 2.05) is 0 Å². The predicted octanol–water partition coefficient (Wildman–Crippen LogP) is 4.09. The first-order chi connectivity index (χ1) is 12.8. The Balaban J connectivity index is 3.65. The number of esters is 1. The number of carbonyl (C=O) groups is 1. The SMILES string of the molecule is CCOC(=O)C=CC(F)(F)C(N[S+]([O-])C(C)(C)C)(c1ccccc1F)C(F)F. The molecule has 0 heterocycles. The molecule has 0 bridgehead atoms. The molecule has 0 radical (unpaired) electrons. The Morgan fingerprint density at radius 1 is 1.29 bits per heavy atom. The van der Waals surface area contributed by atoms with Crippen LogP contribution in [0.1, 0.15) is 33.3 Å². The van der Waals surface area contributed by atoms with Crippen LogP contribution in [-0.4, -0.2) is 34.2 Å². The highest BCUT2D eigenvalue weighted by Crippen LogP contribution is 2.45. The maximum absolute atomic E-state index is 15.1. The van der Waals surface area contributed by atoms with Crippen LogP contribution in [0, 0.1) is 5.82 Å². The maximum atomic E-state index is 15.1. The highest BCUT2D eigenvalue weighted by molar-refractivity contribution is 7.90. The lowest BCUT2D eigenvalue weighted by atomic mass is 9.84. The number of benzene rings is 1. The predicted molar refractivity (Wildman–Crippen MR) is 95.8 cm³/mol. The van der Waals surface area contributed by atoms with Crippen molar-refractivity contribution in [2.24, 2.45) is 0 Å². The van der Waals surface area contributed by atoms with Crippen molar-refractivity contribution in [3.8, 4) is 0 Å². The van der Waals surface area contributed by atoms with Gasteiger partial charge in [0, 0.05) is 23.0 Å². The van der Waals surface area contributed by atoms with E-state index in [0.717, 1.165) is 24.3 Å². The molecule has 0 saturated heterocycles. The van der Waals surface area contributed by atoms with E-state index in [0.29, 0.717) is 0 Å². The minimum Gasteiger partial charge on any atom is -0.598 e. The van der Waals surface area contributed by atoms with Crippen molar-refractivity contribution in [1.82, 2.24) is 4.72 Å². The second-order valence-corrected chi connectivity index (χ2v) is 8.75. The van der Waals surface area contributed by atoms with Gasteiger partial charge in [-0.05, 0) is 39.8 Å². The zero-order valence-electron chi connectivity index (χ0n) is 15.8. The molecule has 1 aromatic carbocycles. The summed E-state index contributed by atoms with van der Waals surface area (Å²) in [6.07, 6.45) is -3.71. The number of ether oxygens (including phenoxy) is 1. The summed E-state index contributed by atoms with van der Waals surface area (Å²) in [6, 6.07) is 3.73. The van der Waals surface area contributed by atoms with Crippen molar-refractivity contribution in [2.75, 3.05) is 6.61 Å². The zero-order valence-corrected chi connectivity index (χ0v) is 16.6. The van der Waals surface area contributed by atoms with E-state index >= 15 is 8.78 Å². The minimum atomic E-state index is -4.52. The number of alkyl halides is 4. The van der Waals surface area contributed by atoms with Crippen LogP contribution >= 0.6 is 0 Å². The molecule has 0 spiro atoms. The fraction of sp³-hybridized carbons (Fsp3) is 0.500. The van der Waals surface area contributed by atoms with Crippen LogP contribution in [0.5, 0.6) is 0 Å². The van der Waals surface area contributed by atoms with E-state index in [1.165, 1.54) is 27.7 Å². The van der Waals surface area contributed by atoms with Crippen molar-refractivity contribution in [1.29, 1.82) is 0 Å². The normalized spacial score (nSPS) is 16.2. The molecule has 0 amide bonds. The van der Waals surface area contributed by atoms with Gasteiger partial charge in [0.05, 0.1) is 6.61 Å². The Labute approximate surface area is 163 Å². The number of rotatable bonds is 8. The molecule has 2 unspecified atom stereocenters. The van der Waals surface area contributed by atoms with Crippen LogP contribution in [0.25, 0.3) is 0 Å². The molecular weight excluding hydrogens is 405 g/mol. The third-order valence-electron chi connectivity index (χ3n) is 3.68. The molecule has 10 heteroatoms. The van der Waals surface area contributed by atoms with Gasteiger partial charge in [0.25, 0.3) is 12.3 Å². The molecular formula is C18H22F5NO3S. The average Bonchev–Trinajstić information content (AvgIpc) is 2.57. The molecule has 0 saturated carbocycles. The lowest BCUT2D eigenvalue weighted by Crippen LogP contribution is -2.64. The Bertz CT molecular complexity index is 709. The first-order valence-corrected chi connectivity index (χ1v) is 9.41. The van der Waals surface area contributed by atoms with E-state index in [4.69, 9.17) is 0 Å². The van der Waals surface area contributed by atoms with E-state index in [9.17, 15) is 22.5 Å². The smallest absolute Gasteiger partial charge is 0.330 e. The van der Waals surface area contributed by atoms with Crippen molar-refractivity contribution < 1.29 is 36.0 Å². The first-order valence-electron chi connectivity index (χ1n) is 8.26. The van der Waals surface area contributed by atoms with Crippen LogP contribution in [0.3, 0.4) is 0 Å². The number of halogens is 5. The summed E-state index contributed by atoms with van der Waals surface area (Å²) in [6.45, 7) is 5.44. The summed E-state index contributed by atoms with van der Waals surface area (Å²) in [4.78, 5) is 11.4. The largest absolute Gasteiger partial charge is 0.598 e. The van der Waals surface area contributed by atoms with Crippen LogP contribution < -0.4 is 4.72 Å². The summed E-state index contributed by atoms with van der Waals surface area (Å²) in [5.74, 6) is -7.04. The van der Waals surface area contributed by atoms with Gasteiger partial charge in [0.2, 0.25) is 5.54 Å². The molecule has 2 atom stereocenters. The second kappa shape index (κ2) is 9.23. The van der Waals surface area contributed by atoms with E-state index in [-0.39, 0.29) is 18.8 Å². The van der Waals surface area contributed by atoms with Gasteiger partial charge in [-0.15, -0.1) is 4.72 Å². The maximum Gasteiger partial charge on any atom is 0.330 e. The molecule has 0 aliphatic carbocycles. The highest BCUT2D eigenvalue weighted by Gasteiger charge is 2.64. The minimum absolute atomic E-state index is 0.101. The number of nitrogens with one attached hydrogen (secondary N) is 1. The van der Waals surface area contributed by atoms with Crippen LogP contribution in [0.15, 0.2) is 36.4 Å². The molecule has 1 aromatic rings. The number of hydrogen-bond acceptors (Lipinski definition) is 4. The van der Waals surface area contributed by atoms with Crippen molar-refractivity contribution >= 4 is 17.3 Å². The van der Waals surface area contributed by atoms with Gasteiger partial charge in [-0.25, -0.2) is 18.0 Å². The van der Waals surface area contributed by atoms with E-state index in [2.05, 4.69) is 4.74 Å². The van der Waals surface area contributed by atoms with Gasteiger partial charge in [0.15, 0.2) is 0 Å². The van der Waals surface area contributed by atoms with E-state index in [1.54, 1.807) is 4.72 Å². The van der Waals surface area contributed by atoms with Gasteiger partial charge in [-0.2, -0.15) is 8.78 Å². The quantitative estimate of drug-likeness (QED) is 0.294. The van der Waals surface area contributed by atoms with Crippen molar-refractivity contribution in [3.63, 3.8) is 0 Å². The molecule has 1 rings (SSSR count). The molecule has 0 fully saturated rings. The summed E-state index contributed by atoms with van der Waals surface area (Å²) in [5.41, 5.74) is -4.78. The summed E-state index contributed by atoms with van der Waals surface area (Å²) in [5, 5.41) is 0. The van der Waals surface area contributed by atoms with Gasteiger partial charge in [0.1, 0.15) is 10.6 Å². The number of carbonyl (C=O) groups excluding carboxylic acids is 1. The Hall–Kier alpha value is -1.65. The third kappa shape index (κ3) is 5.24. The zero-order chi connectivity index (χ0) is 21.8. The van der Waals surface area contributed by atoms with Gasteiger partial charge in [-0.1, -0.05) is 18.2 Å². The number of hydrogen-bond donors (Lipinski definition) is 1. The van der Waals surface area contributed by atoms with Crippen LogP contribution in [-0.2, 0) is 26.4 Å². The standard InChI is InChI=1S/C18H22F5NO3S/c1-5-27-14(25)10-11-17(22,23)18(15(20)21,24-28(26)16(2,3)4)12-8-6-7-9-13(12)19/h6-11,15,24H,5H2,1-4H3. The van der Waals surface area contributed by atoms with Gasteiger partial charge < -0.3 is 9.29 Å². The molecule has 28 heavy (non-hydrogen) atoms. The van der Waals surface area contributed by atoms with Crippen LogP contribution in [0.4, 0.5) is 22.0 Å². The molecule has 0 aromatic heterocycles. The van der Waals surface area contributed by atoms with Gasteiger partial charge in [-0.3, -0.25) is 0 Å². The van der Waals surface area contributed by atoms with Crippen molar-refractivity contribution in [2.45, 2.75) is 50.3 Å². The Morgan fingerprint density at radius 3 is 2.32 bits per heavy atom. The highest BCUT2D eigenvalue weighted by atomic mass is 32.2. The Morgan fingerprint density at radius 2 is 1.86 bits per heavy atom. The summed E-state index contributed by atoms with van der Waals surface area (Å²) >= 11 is -2.43. The molecule has 1 N–H and O–H groups in total. The summed E-state index contributed by atoms with van der Waals surface area (Å²) in [7, 11) is 0. The van der Waals surface area contributed by atoms with Gasteiger partial charge >= 0.3 is 5.97 Å². The fourth-order valence-corrected chi connectivity index (χ4v) is 3.12. The molecule has 0 aliphatic heterocycles. The lowest BCUT2D eigenvalue weighted by Gasteiger charge is -2.40. The molecule has 158 valence electrons. The monoisotopic (exact) mass is 427 g/mol. The molecule has 0 aliphatic rings. The summed E-state index contributed by atoms with van der Waals surface area (Å²) < 4.78 is 90.2. The fourth-order valence-electron chi connectivity index (χ4n) is 2.18. The van der Waals surface area contributed by atoms with Crippen LogP contribution in [0.2, 0.25) is 0 Å². The average molecular weight is 427 g/mol. The third-order valence-corrected chi connectivity index (χ3v) is 5.30. The molecule has 4 nitrogen and oxygen atoms in total. The van der Waals surface area contributed by atoms with E-state index < -0.39 is 51.3 Å².